The van der Waals surface area contributed by atoms with Crippen LogP contribution in [0, 0.1) is 20.8 Å². The van der Waals surface area contributed by atoms with Gasteiger partial charge in [-0.15, -0.1) is 11.3 Å². The second-order valence-corrected chi connectivity index (χ2v) is 9.81. The van der Waals surface area contributed by atoms with Gasteiger partial charge in [-0.1, -0.05) is 0 Å². The average molecular weight is 410 g/mol. The summed E-state index contributed by atoms with van der Waals surface area (Å²) in [5, 5.41) is 2.01. The van der Waals surface area contributed by atoms with Gasteiger partial charge in [0.05, 0.1) is 5.56 Å². The number of sulfonamides is 1. The van der Waals surface area contributed by atoms with Crippen LogP contribution in [0.15, 0.2) is 16.3 Å². The fraction of sp³-hybridized carbons (Fsp3) is 0.526. The summed E-state index contributed by atoms with van der Waals surface area (Å²) in [4.78, 5) is 16.1. The fourth-order valence-corrected chi connectivity index (χ4v) is 6.06. The Morgan fingerprint density at radius 1 is 1.19 bits per heavy atom. The highest BCUT2D eigenvalue weighted by atomic mass is 32.2. The minimum Gasteiger partial charge on any atom is -0.350 e. The summed E-state index contributed by atoms with van der Waals surface area (Å²) >= 11 is 1.63. The van der Waals surface area contributed by atoms with Crippen molar-refractivity contribution >= 4 is 27.3 Å². The van der Waals surface area contributed by atoms with Crippen molar-refractivity contribution in [2.24, 2.45) is 7.05 Å². The highest BCUT2D eigenvalue weighted by Crippen LogP contribution is 2.28. The number of likely N-dealkylation sites (tertiary alicyclic amines) is 1. The minimum atomic E-state index is -3.78. The summed E-state index contributed by atoms with van der Waals surface area (Å²) in [6.07, 6.45) is 2.58. The van der Waals surface area contributed by atoms with Crippen LogP contribution in [0.2, 0.25) is 0 Å². The molecule has 0 aliphatic carbocycles. The lowest BCUT2D eigenvalue weighted by molar-refractivity contribution is 0.0788. The maximum atomic E-state index is 13.1. The monoisotopic (exact) mass is 409 g/mol. The maximum absolute atomic E-state index is 13.1. The largest absolute Gasteiger partial charge is 0.350 e. The lowest BCUT2D eigenvalue weighted by Crippen LogP contribution is -2.32. The molecule has 0 bridgehead atoms. The van der Waals surface area contributed by atoms with E-state index >= 15 is 0 Å². The molecule has 0 spiro atoms. The predicted molar refractivity (Wildman–Crippen MR) is 108 cm³/mol. The number of nitrogens with one attached hydrogen (secondary N) is 1. The van der Waals surface area contributed by atoms with Crippen molar-refractivity contribution in [3.05, 3.63) is 38.8 Å². The molecule has 1 N–H and O–H groups in total. The van der Waals surface area contributed by atoms with E-state index in [4.69, 9.17) is 0 Å². The summed E-state index contributed by atoms with van der Waals surface area (Å²) in [5.74, 6) is -0.178. The Bertz CT molecular complexity index is 951. The molecule has 27 heavy (non-hydrogen) atoms. The smallest absolute Gasteiger partial charge is 0.257 e. The number of nitrogens with zero attached hydrogens (tertiary/aromatic N) is 2. The molecule has 1 aliphatic rings. The normalized spacial score (nSPS) is 14.9. The topological polar surface area (TPSA) is 71.4 Å². The number of carbonyl (C=O) groups excluding carboxylic acids is 1. The first-order valence-electron chi connectivity index (χ1n) is 9.22. The third-order valence-corrected chi connectivity index (χ3v) is 8.12. The molecule has 0 aromatic carbocycles. The molecule has 148 valence electrons. The van der Waals surface area contributed by atoms with Crippen molar-refractivity contribution in [3.63, 3.8) is 0 Å². The van der Waals surface area contributed by atoms with Crippen LogP contribution in [-0.2, 0) is 23.5 Å². The number of hydrogen-bond acceptors (Lipinski definition) is 4. The second kappa shape index (κ2) is 7.77. The van der Waals surface area contributed by atoms with Gasteiger partial charge in [0, 0.05) is 42.9 Å². The van der Waals surface area contributed by atoms with Gasteiger partial charge in [-0.25, -0.2) is 13.1 Å². The van der Waals surface area contributed by atoms with Gasteiger partial charge in [-0.05, 0) is 57.0 Å². The van der Waals surface area contributed by atoms with Gasteiger partial charge in [-0.2, -0.15) is 0 Å². The molecule has 6 nitrogen and oxygen atoms in total. The Labute approximate surface area is 165 Å². The highest BCUT2D eigenvalue weighted by molar-refractivity contribution is 7.89. The fourth-order valence-electron chi connectivity index (χ4n) is 3.61. The SMILES string of the molecule is Cc1ccsc1CCNS(=O)(=O)c1c(C(=O)N2CCCC2)c(C)n(C)c1C. The standard InChI is InChI=1S/C19H27N3O3S2/c1-13-8-12-26-16(13)7-9-20-27(24,25)18-15(3)21(4)14(2)17(18)19(23)22-10-5-6-11-22/h8,12,20H,5-7,9-11H2,1-4H3. The second-order valence-electron chi connectivity index (χ2n) is 7.11. The van der Waals surface area contributed by atoms with Crippen LogP contribution in [0.25, 0.3) is 0 Å². The van der Waals surface area contributed by atoms with E-state index in [2.05, 4.69) is 4.72 Å². The molecule has 1 saturated heterocycles. The maximum Gasteiger partial charge on any atom is 0.257 e. The van der Waals surface area contributed by atoms with E-state index < -0.39 is 10.0 Å². The predicted octanol–water partition coefficient (Wildman–Crippen LogP) is 2.77. The Balaban J connectivity index is 1.88. The number of thiophene rings is 1. The third-order valence-electron chi connectivity index (χ3n) is 5.41. The van der Waals surface area contributed by atoms with Crippen molar-refractivity contribution < 1.29 is 13.2 Å². The quantitative estimate of drug-likeness (QED) is 0.797. The van der Waals surface area contributed by atoms with Crippen LogP contribution < -0.4 is 4.72 Å². The number of aromatic nitrogens is 1. The van der Waals surface area contributed by atoms with Crippen molar-refractivity contribution in [1.82, 2.24) is 14.2 Å². The van der Waals surface area contributed by atoms with Crippen LogP contribution in [0.1, 0.15) is 45.0 Å². The van der Waals surface area contributed by atoms with Crippen molar-refractivity contribution in [2.45, 2.75) is 44.9 Å². The molecule has 8 heteroatoms. The Morgan fingerprint density at radius 3 is 2.44 bits per heavy atom. The number of carbonyl (C=O) groups is 1. The zero-order valence-corrected chi connectivity index (χ0v) is 18.0. The summed E-state index contributed by atoms with van der Waals surface area (Å²) in [7, 11) is -1.97. The van der Waals surface area contributed by atoms with Gasteiger partial charge in [-0.3, -0.25) is 4.79 Å². The number of rotatable bonds is 6. The van der Waals surface area contributed by atoms with Crippen LogP contribution in [0.4, 0.5) is 0 Å². The molecule has 1 amide bonds. The van der Waals surface area contributed by atoms with Crippen LogP contribution in [0.5, 0.6) is 0 Å². The number of aryl methyl sites for hydroxylation is 1. The molecule has 0 atom stereocenters. The lowest BCUT2D eigenvalue weighted by Gasteiger charge is -2.17. The zero-order valence-electron chi connectivity index (χ0n) is 16.3. The van der Waals surface area contributed by atoms with Crippen molar-refractivity contribution in [2.75, 3.05) is 19.6 Å². The first-order valence-corrected chi connectivity index (χ1v) is 11.6. The Morgan fingerprint density at radius 2 is 1.85 bits per heavy atom. The van der Waals surface area contributed by atoms with Gasteiger partial charge in [0.25, 0.3) is 5.91 Å². The molecule has 0 unspecified atom stereocenters. The van der Waals surface area contributed by atoms with E-state index in [1.807, 2.05) is 25.3 Å². The van der Waals surface area contributed by atoms with E-state index in [0.717, 1.165) is 12.8 Å². The zero-order chi connectivity index (χ0) is 19.8. The summed E-state index contributed by atoms with van der Waals surface area (Å²) in [5.41, 5.74) is 2.78. The van der Waals surface area contributed by atoms with Crippen molar-refractivity contribution in [3.8, 4) is 0 Å². The first-order chi connectivity index (χ1) is 12.7. The van der Waals surface area contributed by atoms with Gasteiger partial charge >= 0.3 is 0 Å². The van der Waals surface area contributed by atoms with Gasteiger partial charge in [0.2, 0.25) is 10.0 Å². The van der Waals surface area contributed by atoms with E-state index in [1.54, 1.807) is 34.8 Å². The third kappa shape index (κ3) is 3.83. The summed E-state index contributed by atoms with van der Waals surface area (Å²) in [6.45, 7) is 7.29. The van der Waals surface area contributed by atoms with Crippen LogP contribution >= 0.6 is 11.3 Å². The van der Waals surface area contributed by atoms with Gasteiger partial charge in [0.15, 0.2) is 0 Å². The van der Waals surface area contributed by atoms with Gasteiger partial charge < -0.3 is 9.47 Å². The summed E-state index contributed by atoms with van der Waals surface area (Å²) in [6, 6.07) is 2.03. The van der Waals surface area contributed by atoms with Crippen molar-refractivity contribution in [1.29, 1.82) is 0 Å². The number of amides is 1. The molecule has 0 saturated carbocycles. The molecule has 1 aliphatic heterocycles. The Hall–Kier alpha value is -1.64. The molecule has 2 aromatic heterocycles. The molecule has 3 heterocycles. The average Bonchev–Trinajstić information content (AvgIpc) is 3.33. The van der Waals surface area contributed by atoms with Crippen LogP contribution in [-0.4, -0.2) is 43.4 Å². The highest BCUT2D eigenvalue weighted by Gasteiger charge is 2.33. The van der Waals surface area contributed by atoms with E-state index in [9.17, 15) is 13.2 Å². The molecular formula is C19H27N3O3S2. The van der Waals surface area contributed by atoms with E-state index in [0.29, 0.717) is 43.0 Å². The first kappa shape index (κ1) is 20.1. The van der Waals surface area contributed by atoms with Crippen LogP contribution in [0.3, 0.4) is 0 Å². The molecular weight excluding hydrogens is 382 g/mol. The number of hydrogen-bond donors (Lipinski definition) is 1. The molecule has 3 rings (SSSR count). The Kier molecular flexibility index (Phi) is 5.79. The molecule has 0 radical (unpaired) electrons. The van der Waals surface area contributed by atoms with E-state index in [1.165, 1.54) is 10.4 Å². The lowest BCUT2D eigenvalue weighted by atomic mass is 10.2. The molecule has 2 aromatic rings. The van der Waals surface area contributed by atoms with E-state index in [-0.39, 0.29) is 10.8 Å². The van der Waals surface area contributed by atoms with Gasteiger partial charge in [0.1, 0.15) is 4.90 Å². The minimum absolute atomic E-state index is 0.127. The molecule has 1 fully saturated rings. The summed E-state index contributed by atoms with van der Waals surface area (Å²) < 4.78 is 30.7.